The fourth-order valence-electron chi connectivity index (χ4n) is 2.20. The normalized spacial score (nSPS) is 19.6. The van der Waals surface area contributed by atoms with Gasteiger partial charge in [0.15, 0.2) is 0 Å². The summed E-state index contributed by atoms with van der Waals surface area (Å²) in [5, 5.41) is 11.1. The highest BCUT2D eigenvalue weighted by Gasteiger charge is 2.34. The first-order chi connectivity index (χ1) is 9.99. The van der Waals surface area contributed by atoms with E-state index in [2.05, 4.69) is 0 Å². The predicted molar refractivity (Wildman–Crippen MR) is 73.6 cm³/mol. The number of benzene rings is 1. The fourth-order valence-corrected chi connectivity index (χ4v) is 2.20. The van der Waals surface area contributed by atoms with E-state index in [1.165, 1.54) is 5.01 Å². The minimum absolute atomic E-state index is 0.121. The van der Waals surface area contributed by atoms with Gasteiger partial charge in [0.05, 0.1) is 12.6 Å². The van der Waals surface area contributed by atoms with Crippen LogP contribution in [0.4, 0.5) is 0 Å². The Labute approximate surface area is 121 Å². The first kappa shape index (κ1) is 15.0. The molecule has 1 aromatic rings. The van der Waals surface area contributed by atoms with E-state index in [9.17, 15) is 14.4 Å². The van der Waals surface area contributed by atoms with Gasteiger partial charge in [0.25, 0.3) is 5.91 Å². The Kier molecular flexibility index (Phi) is 4.54. The molecule has 1 heterocycles. The van der Waals surface area contributed by atoms with E-state index in [0.29, 0.717) is 0 Å². The van der Waals surface area contributed by atoms with E-state index in [4.69, 9.17) is 10.8 Å². The molecule has 1 aliphatic heterocycles. The molecule has 0 saturated carbocycles. The average Bonchev–Trinajstić information content (AvgIpc) is 2.55. The van der Waals surface area contributed by atoms with Crippen LogP contribution in [0.25, 0.3) is 0 Å². The lowest BCUT2D eigenvalue weighted by Gasteiger charge is -2.32. The zero-order valence-corrected chi connectivity index (χ0v) is 11.4. The smallest absolute Gasteiger partial charge is 0.325 e. The number of amides is 2. The van der Waals surface area contributed by atoms with Crippen LogP contribution < -0.4 is 5.73 Å². The first-order valence-corrected chi connectivity index (χ1v) is 6.62. The number of carbonyl (C=O) groups excluding carboxylic acids is 2. The molecule has 21 heavy (non-hydrogen) atoms. The summed E-state index contributed by atoms with van der Waals surface area (Å²) in [6.07, 6.45) is 0.342. The van der Waals surface area contributed by atoms with E-state index < -0.39 is 24.5 Å². The number of carbonyl (C=O) groups is 3. The molecule has 1 aliphatic rings. The molecule has 1 unspecified atom stereocenters. The summed E-state index contributed by atoms with van der Waals surface area (Å²) >= 11 is 0. The highest BCUT2D eigenvalue weighted by Crippen LogP contribution is 2.16. The Morgan fingerprint density at radius 2 is 1.90 bits per heavy atom. The van der Waals surface area contributed by atoms with Crippen LogP contribution in [0.5, 0.6) is 0 Å². The van der Waals surface area contributed by atoms with Gasteiger partial charge in [0.2, 0.25) is 5.91 Å². The van der Waals surface area contributed by atoms with Gasteiger partial charge in [-0.3, -0.25) is 14.4 Å². The van der Waals surface area contributed by atoms with Gasteiger partial charge in [-0.15, -0.1) is 0 Å². The highest BCUT2D eigenvalue weighted by molar-refractivity contribution is 5.90. The van der Waals surface area contributed by atoms with Crippen molar-refractivity contribution in [3.63, 3.8) is 0 Å². The van der Waals surface area contributed by atoms with Gasteiger partial charge in [-0.1, -0.05) is 30.3 Å². The third-order valence-electron chi connectivity index (χ3n) is 3.28. The molecule has 1 atom stereocenters. The van der Waals surface area contributed by atoms with Gasteiger partial charge in [-0.25, -0.2) is 10.0 Å². The summed E-state index contributed by atoms with van der Waals surface area (Å²) in [6, 6.07) is 8.22. The highest BCUT2D eigenvalue weighted by atomic mass is 16.4. The van der Waals surface area contributed by atoms with E-state index in [-0.39, 0.29) is 25.3 Å². The lowest BCUT2D eigenvalue weighted by Crippen LogP contribution is -2.53. The number of aliphatic carboxylic acids is 1. The second-order valence-electron chi connectivity index (χ2n) is 4.87. The number of nitrogens with zero attached hydrogens (tertiary/aromatic N) is 2. The molecule has 112 valence electrons. The van der Waals surface area contributed by atoms with Crippen molar-refractivity contribution in [1.82, 2.24) is 10.0 Å². The van der Waals surface area contributed by atoms with Crippen LogP contribution in [0.2, 0.25) is 0 Å². The molecule has 7 heteroatoms. The third kappa shape index (κ3) is 3.57. The molecule has 0 aliphatic carbocycles. The van der Waals surface area contributed by atoms with Crippen LogP contribution in [-0.4, -0.2) is 45.5 Å². The molecule has 0 radical (unpaired) electrons. The van der Waals surface area contributed by atoms with Crippen LogP contribution in [0.1, 0.15) is 18.4 Å². The Hall–Kier alpha value is -2.41. The summed E-state index contributed by atoms with van der Waals surface area (Å²) in [5.74, 6) is -2.04. The van der Waals surface area contributed by atoms with Crippen LogP contribution in [0, 0.1) is 0 Å². The lowest BCUT2D eigenvalue weighted by atomic mass is 10.1. The quantitative estimate of drug-likeness (QED) is 0.810. The minimum atomic E-state index is -1.19. The molecule has 0 bridgehead atoms. The van der Waals surface area contributed by atoms with Crippen LogP contribution in [-0.2, 0) is 20.9 Å². The fraction of sp³-hybridized carbons (Fsp3) is 0.357. The number of nitrogens with two attached hydrogens (primary N) is 1. The standard InChI is InChI=1S/C14H17N3O4/c15-11-6-7-12(18)16(8-10-4-2-1-3-5-10)17(14(11)21)9-13(19)20/h1-5,11H,6-9,15H2,(H,19,20). The second-order valence-corrected chi connectivity index (χ2v) is 4.87. The number of carboxylic acids is 1. The summed E-state index contributed by atoms with van der Waals surface area (Å²) in [5.41, 5.74) is 6.51. The molecule has 0 aromatic heterocycles. The molecule has 1 aromatic carbocycles. The first-order valence-electron chi connectivity index (χ1n) is 6.62. The number of hydrogen-bond acceptors (Lipinski definition) is 4. The van der Waals surface area contributed by atoms with Crippen molar-refractivity contribution >= 4 is 17.8 Å². The van der Waals surface area contributed by atoms with Gasteiger partial charge in [0, 0.05) is 6.42 Å². The average molecular weight is 291 g/mol. The predicted octanol–water partition coefficient (Wildman–Crippen LogP) is -0.0355. The zero-order valence-electron chi connectivity index (χ0n) is 11.4. The van der Waals surface area contributed by atoms with Crippen molar-refractivity contribution in [2.75, 3.05) is 6.54 Å². The van der Waals surface area contributed by atoms with E-state index in [1.54, 1.807) is 0 Å². The zero-order chi connectivity index (χ0) is 15.4. The van der Waals surface area contributed by atoms with Crippen LogP contribution >= 0.6 is 0 Å². The Morgan fingerprint density at radius 3 is 2.52 bits per heavy atom. The van der Waals surface area contributed by atoms with Crippen molar-refractivity contribution in [2.24, 2.45) is 5.73 Å². The number of carboxylic acid groups (broad SMARTS) is 1. The third-order valence-corrected chi connectivity index (χ3v) is 3.28. The van der Waals surface area contributed by atoms with Gasteiger partial charge in [0.1, 0.15) is 6.54 Å². The Morgan fingerprint density at radius 1 is 1.24 bits per heavy atom. The van der Waals surface area contributed by atoms with E-state index >= 15 is 0 Å². The van der Waals surface area contributed by atoms with Gasteiger partial charge < -0.3 is 10.8 Å². The van der Waals surface area contributed by atoms with E-state index in [0.717, 1.165) is 10.6 Å². The Bertz CT molecular complexity index is 546. The number of rotatable bonds is 4. The topological polar surface area (TPSA) is 104 Å². The number of hydrazine groups is 1. The number of hydrogen-bond donors (Lipinski definition) is 2. The SMILES string of the molecule is NC1CCC(=O)N(Cc2ccccc2)N(CC(=O)O)C1=O. The van der Waals surface area contributed by atoms with Crippen LogP contribution in [0.3, 0.4) is 0 Å². The molecule has 0 spiro atoms. The maximum absolute atomic E-state index is 12.2. The van der Waals surface area contributed by atoms with Crippen molar-refractivity contribution in [3.8, 4) is 0 Å². The molecular weight excluding hydrogens is 274 g/mol. The van der Waals surface area contributed by atoms with Crippen molar-refractivity contribution in [3.05, 3.63) is 35.9 Å². The Balaban J connectivity index is 2.28. The van der Waals surface area contributed by atoms with Crippen molar-refractivity contribution in [1.29, 1.82) is 0 Å². The van der Waals surface area contributed by atoms with Gasteiger partial charge in [-0.2, -0.15) is 0 Å². The molecule has 1 fully saturated rings. The van der Waals surface area contributed by atoms with Crippen molar-refractivity contribution < 1.29 is 19.5 Å². The molecule has 3 N–H and O–H groups in total. The molecule has 2 amide bonds. The summed E-state index contributed by atoms with van der Waals surface area (Å²) in [7, 11) is 0. The summed E-state index contributed by atoms with van der Waals surface area (Å²) < 4.78 is 0. The molecular formula is C14H17N3O4. The largest absolute Gasteiger partial charge is 0.480 e. The maximum atomic E-state index is 12.2. The van der Waals surface area contributed by atoms with Gasteiger partial charge >= 0.3 is 5.97 Å². The lowest BCUT2D eigenvalue weighted by molar-refractivity contribution is -0.168. The van der Waals surface area contributed by atoms with Crippen LogP contribution in [0.15, 0.2) is 30.3 Å². The summed E-state index contributed by atoms with van der Waals surface area (Å²) in [6.45, 7) is -0.434. The minimum Gasteiger partial charge on any atom is -0.480 e. The molecule has 7 nitrogen and oxygen atoms in total. The summed E-state index contributed by atoms with van der Waals surface area (Å²) in [4.78, 5) is 35.3. The maximum Gasteiger partial charge on any atom is 0.325 e. The monoisotopic (exact) mass is 291 g/mol. The van der Waals surface area contributed by atoms with Gasteiger partial charge in [-0.05, 0) is 12.0 Å². The molecule has 2 rings (SSSR count). The van der Waals surface area contributed by atoms with E-state index in [1.807, 2.05) is 30.3 Å². The van der Waals surface area contributed by atoms with Crippen molar-refractivity contribution in [2.45, 2.75) is 25.4 Å². The second kappa shape index (κ2) is 6.36. The molecule has 1 saturated heterocycles.